The predicted molar refractivity (Wildman–Crippen MR) is 151 cm³/mol. The van der Waals surface area contributed by atoms with Gasteiger partial charge in [-0.1, -0.05) is 12.2 Å². The summed E-state index contributed by atoms with van der Waals surface area (Å²) in [6.07, 6.45) is 6.13. The standard InChI is InChI=1S/C25H24Br4O6/c1-25(2,21(30)7-5-15-9-17(26)23(18(27)10-15)34-13-32-3)22(31)8-6-16-11-19(28)24(20(29)12-16)35-14-33-4/h5-12H,13-14H2,1-4H3/b7-5+,8-6+. The van der Waals surface area contributed by atoms with E-state index in [1.54, 1.807) is 26.0 Å². The molecule has 0 radical (unpaired) electrons. The van der Waals surface area contributed by atoms with Crippen molar-refractivity contribution in [2.24, 2.45) is 5.41 Å². The number of methoxy groups -OCH3 is 2. The molecule has 0 saturated carbocycles. The number of halogens is 4. The van der Waals surface area contributed by atoms with E-state index in [-0.39, 0.29) is 25.2 Å². The van der Waals surface area contributed by atoms with Crippen LogP contribution in [0, 0.1) is 5.41 Å². The van der Waals surface area contributed by atoms with Crippen molar-refractivity contribution in [3.05, 3.63) is 65.4 Å². The van der Waals surface area contributed by atoms with Crippen molar-refractivity contribution in [1.29, 1.82) is 0 Å². The van der Waals surface area contributed by atoms with Gasteiger partial charge >= 0.3 is 0 Å². The zero-order chi connectivity index (χ0) is 26.2. The van der Waals surface area contributed by atoms with Crippen molar-refractivity contribution < 1.29 is 28.5 Å². The highest BCUT2D eigenvalue weighted by atomic mass is 79.9. The Morgan fingerprint density at radius 2 is 1.03 bits per heavy atom. The summed E-state index contributed by atoms with van der Waals surface area (Å²) in [7, 11) is 3.07. The summed E-state index contributed by atoms with van der Waals surface area (Å²) in [4.78, 5) is 25.7. The molecule has 188 valence electrons. The fourth-order valence-electron chi connectivity index (χ4n) is 2.74. The number of ketones is 2. The largest absolute Gasteiger partial charge is 0.465 e. The Kier molecular flexibility index (Phi) is 11.8. The summed E-state index contributed by atoms with van der Waals surface area (Å²) < 4.78 is 23.7. The van der Waals surface area contributed by atoms with Crippen LogP contribution in [0.1, 0.15) is 25.0 Å². The van der Waals surface area contributed by atoms with E-state index in [9.17, 15) is 9.59 Å². The molecule has 2 aromatic rings. The van der Waals surface area contributed by atoms with Gasteiger partial charge < -0.3 is 18.9 Å². The normalized spacial score (nSPS) is 11.9. The lowest BCUT2D eigenvalue weighted by Crippen LogP contribution is -2.30. The summed E-state index contributed by atoms with van der Waals surface area (Å²) in [6, 6.07) is 7.24. The first kappa shape index (κ1) is 29.9. The Balaban J connectivity index is 2.14. The van der Waals surface area contributed by atoms with Crippen LogP contribution in [0.4, 0.5) is 0 Å². The summed E-state index contributed by atoms with van der Waals surface area (Å²) in [5.41, 5.74) is 0.274. The number of rotatable bonds is 12. The monoisotopic (exact) mass is 736 g/mol. The molecule has 0 unspecified atom stereocenters. The topological polar surface area (TPSA) is 71.1 Å². The summed E-state index contributed by atoms with van der Waals surface area (Å²) >= 11 is 13.8. The van der Waals surface area contributed by atoms with Crippen molar-refractivity contribution in [1.82, 2.24) is 0 Å². The van der Waals surface area contributed by atoms with E-state index in [4.69, 9.17) is 18.9 Å². The van der Waals surface area contributed by atoms with Gasteiger partial charge in [0.2, 0.25) is 0 Å². The summed E-state index contributed by atoms with van der Waals surface area (Å²) in [6.45, 7) is 3.42. The van der Waals surface area contributed by atoms with Crippen LogP contribution in [0.15, 0.2) is 54.3 Å². The van der Waals surface area contributed by atoms with Crippen molar-refractivity contribution in [3.8, 4) is 11.5 Å². The molecular weight excluding hydrogens is 716 g/mol. The molecule has 0 aromatic heterocycles. The van der Waals surface area contributed by atoms with Crippen molar-refractivity contribution in [2.45, 2.75) is 13.8 Å². The van der Waals surface area contributed by atoms with Gasteiger partial charge in [0.15, 0.2) is 36.7 Å². The van der Waals surface area contributed by atoms with E-state index in [1.807, 2.05) is 24.3 Å². The van der Waals surface area contributed by atoms with Crippen molar-refractivity contribution in [3.63, 3.8) is 0 Å². The van der Waals surface area contributed by atoms with Gasteiger partial charge in [-0.05, 0) is 125 Å². The summed E-state index contributed by atoms with van der Waals surface area (Å²) in [5, 5.41) is 0. The molecule has 0 aliphatic carbocycles. The number of ether oxygens (including phenoxy) is 4. The smallest absolute Gasteiger partial charge is 0.188 e. The quantitative estimate of drug-likeness (QED) is 0.127. The van der Waals surface area contributed by atoms with E-state index in [0.29, 0.717) is 29.4 Å². The molecule has 6 nitrogen and oxygen atoms in total. The third-order valence-electron chi connectivity index (χ3n) is 4.77. The van der Waals surface area contributed by atoms with Gasteiger partial charge in [0.1, 0.15) is 0 Å². The third kappa shape index (κ3) is 8.36. The zero-order valence-corrected chi connectivity index (χ0v) is 25.8. The minimum absolute atomic E-state index is 0.105. The highest BCUT2D eigenvalue weighted by Crippen LogP contribution is 2.36. The second-order valence-electron chi connectivity index (χ2n) is 7.75. The fraction of sp³-hybridized carbons (Fsp3) is 0.280. The molecule has 0 aliphatic heterocycles. The van der Waals surface area contributed by atoms with Gasteiger partial charge in [-0.15, -0.1) is 0 Å². The molecule has 0 aliphatic rings. The van der Waals surface area contributed by atoms with Crippen LogP contribution in [-0.2, 0) is 19.1 Å². The average molecular weight is 740 g/mol. The van der Waals surface area contributed by atoms with Gasteiger partial charge in [-0.2, -0.15) is 0 Å². The SMILES string of the molecule is COCOc1c(Br)cc(/C=C/C(=O)C(C)(C)C(=O)/C=C/c2cc(Br)c(OCOC)c(Br)c2)cc1Br. The third-order valence-corrected chi connectivity index (χ3v) is 7.13. The molecular formula is C25H24Br4O6. The number of hydrogen-bond acceptors (Lipinski definition) is 6. The Morgan fingerprint density at radius 3 is 1.31 bits per heavy atom. The Bertz CT molecular complexity index is 1010. The van der Waals surface area contributed by atoms with Gasteiger partial charge in [0.05, 0.1) is 23.3 Å². The molecule has 0 fully saturated rings. The second-order valence-corrected chi connectivity index (χ2v) is 11.2. The summed E-state index contributed by atoms with van der Waals surface area (Å²) in [5.74, 6) is 0.551. The minimum atomic E-state index is -1.24. The molecule has 0 bridgehead atoms. The molecule has 0 amide bonds. The fourth-order valence-corrected chi connectivity index (χ4v) is 5.65. The second kappa shape index (κ2) is 13.9. The molecule has 0 saturated heterocycles. The van der Waals surface area contributed by atoms with Crippen LogP contribution in [0.2, 0.25) is 0 Å². The van der Waals surface area contributed by atoms with Gasteiger partial charge in [-0.3, -0.25) is 9.59 Å². The molecule has 10 heteroatoms. The van der Waals surface area contributed by atoms with Gasteiger partial charge in [0, 0.05) is 14.2 Å². The Morgan fingerprint density at radius 1 is 0.714 bits per heavy atom. The maximum absolute atomic E-state index is 12.9. The maximum atomic E-state index is 12.9. The Hall–Kier alpha value is -1.30. The number of carbonyl (C=O) groups excluding carboxylic acids is 2. The first-order valence-electron chi connectivity index (χ1n) is 10.2. The number of carbonyl (C=O) groups is 2. The Labute approximate surface area is 238 Å². The zero-order valence-electron chi connectivity index (χ0n) is 19.5. The number of hydrogen-bond donors (Lipinski definition) is 0. The molecule has 0 N–H and O–H groups in total. The van der Waals surface area contributed by atoms with E-state index in [2.05, 4.69) is 63.7 Å². The van der Waals surface area contributed by atoms with E-state index >= 15 is 0 Å². The highest BCUT2D eigenvalue weighted by molar-refractivity contribution is 9.11. The van der Waals surface area contributed by atoms with E-state index < -0.39 is 5.41 Å². The number of allylic oxidation sites excluding steroid dienone is 2. The van der Waals surface area contributed by atoms with Crippen LogP contribution in [0.3, 0.4) is 0 Å². The lowest BCUT2D eigenvalue weighted by Gasteiger charge is -2.17. The predicted octanol–water partition coefficient (Wildman–Crippen LogP) is 7.59. The first-order valence-corrected chi connectivity index (χ1v) is 13.3. The van der Waals surface area contributed by atoms with Crippen molar-refractivity contribution >= 4 is 87.4 Å². The van der Waals surface area contributed by atoms with Crippen LogP contribution in [-0.4, -0.2) is 39.4 Å². The van der Waals surface area contributed by atoms with Crippen LogP contribution in [0.5, 0.6) is 11.5 Å². The van der Waals surface area contributed by atoms with Crippen LogP contribution < -0.4 is 9.47 Å². The highest BCUT2D eigenvalue weighted by Gasteiger charge is 2.32. The minimum Gasteiger partial charge on any atom is -0.465 e. The molecule has 2 rings (SSSR count). The maximum Gasteiger partial charge on any atom is 0.188 e. The van der Waals surface area contributed by atoms with Crippen LogP contribution in [0.25, 0.3) is 12.2 Å². The lowest BCUT2D eigenvalue weighted by atomic mass is 9.82. The van der Waals surface area contributed by atoms with Crippen LogP contribution >= 0.6 is 63.7 Å². The van der Waals surface area contributed by atoms with Gasteiger partial charge in [0.25, 0.3) is 0 Å². The van der Waals surface area contributed by atoms with Gasteiger partial charge in [-0.25, -0.2) is 0 Å². The van der Waals surface area contributed by atoms with Crippen molar-refractivity contribution in [2.75, 3.05) is 27.8 Å². The number of benzene rings is 2. The van der Waals surface area contributed by atoms with E-state index in [1.165, 1.54) is 26.4 Å². The molecule has 0 atom stereocenters. The molecule has 2 aromatic carbocycles. The molecule has 0 heterocycles. The van der Waals surface area contributed by atoms with E-state index in [0.717, 1.165) is 11.1 Å². The average Bonchev–Trinajstić information content (AvgIpc) is 2.79. The lowest BCUT2D eigenvalue weighted by molar-refractivity contribution is -0.132. The first-order chi connectivity index (χ1) is 16.5. The molecule has 0 spiro atoms. The molecule has 35 heavy (non-hydrogen) atoms.